The predicted octanol–water partition coefficient (Wildman–Crippen LogP) is 0.928. The van der Waals surface area contributed by atoms with Crippen LogP contribution < -0.4 is 0 Å². The van der Waals surface area contributed by atoms with Crippen molar-refractivity contribution in [3.05, 3.63) is 0 Å². The van der Waals surface area contributed by atoms with E-state index in [2.05, 4.69) is 22.9 Å². The smallest absolute Gasteiger partial charge is 0.0635 e. The van der Waals surface area contributed by atoms with Gasteiger partial charge in [0.15, 0.2) is 0 Å². The summed E-state index contributed by atoms with van der Waals surface area (Å²) in [7, 11) is 2.20. The fourth-order valence-electron chi connectivity index (χ4n) is 2.87. The molecule has 0 saturated carbocycles. The molecule has 2 aliphatic heterocycles. The fraction of sp³-hybridized carbons (Fsp3) is 0.909. The molecule has 3 nitrogen and oxygen atoms in total. The first-order chi connectivity index (χ1) is 6.74. The maximum Gasteiger partial charge on any atom is 0.0635 e. The zero-order valence-electron chi connectivity index (χ0n) is 9.00. The van der Waals surface area contributed by atoms with E-state index in [1.54, 1.807) is 0 Å². The molecular weight excluding hydrogens is 174 g/mol. The summed E-state index contributed by atoms with van der Waals surface area (Å²) in [6.45, 7) is 5.96. The normalized spacial score (nSPS) is 27.1. The van der Waals surface area contributed by atoms with E-state index in [9.17, 15) is 0 Å². The second-order valence-corrected chi connectivity index (χ2v) is 4.92. The van der Waals surface area contributed by atoms with E-state index < -0.39 is 0 Å². The lowest BCUT2D eigenvalue weighted by atomic mass is 9.72. The van der Waals surface area contributed by atoms with Gasteiger partial charge in [0.1, 0.15) is 0 Å². The number of piperidine rings is 1. The van der Waals surface area contributed by atoms with Gasteiger partial charge in [0, 0.05) is 26.1 Å². The highest BCUT2D eigenvalue weighted by molar-refractivity contribution is 4.97. The molecule has 2 rings (SSSR count). The lowest BCUT2D eigenvalue weighted by molar-refractivity contribution is -0.0308. The van der Waals surface area contributed by atoms with E-state index in [4.69, 9.17) is 5.26 Å². The minimum Gasteiger partial charge on any atom is -0.305 e. The molecule has 0 aliphatic carbocycles. The third kappa shape index (κ3) is 1.92. The molecule has 0 amide bonds. The molecule has 2 saturated heterocycles. The van der Waals surface area contributed by atoms with Crippen LogP contribution in [0.2, 0.25) is 0 Å². The average molecular weight is 193 g/mol. The molecule has 0 bridgehead atoms. The van der Waals surface area contributed by atoms with Gasteiger partial charge in [-0.3, -0.25) is 0 Å². The van der Waals surface area contributed by atoms with Crippen molar-refractivity contribution >= 4 is 0 Å². The maximum atomic E-state index is 8.51. The molecule has 1 spiro atoms. The number of likely N-dealkylation sites (tertiary alicyclic amines) is 2. The summed E-state index contributed by atoms with van der Waals surface area (Å²) in [6.07, 6.45) is 3.36. The molecule has 2 fully saturated rings. The topological polar surface area (TPSA) is 30.3 Å². The highest BCUT2D eigenvalue weighted by atomic mass is 15.2. The first-order valence-corrected chi connectivity index (χ1v) is 5.52. The van der Waals surface area contributed by atoms with Crippen LogP contribution in [0.3, 0.4) is 0 Å². The molecule has 78 valence electrons. The van der Waals surface area contributed by atoms with Crippen LogP contribution in [0.25, 0.3) is 0 Å². The van der Waals surface area contributed by atoms with Crippen molar-refractivity contribution in [3.63, 3.8) is 0 Å². The summed E-state index contributed by atoms with van der Waals surface area (Å²) in [5.41, 5.74) is 0.651. The first-order valence-electron chi connectivity index (χ1n) is 5.52. The Kier molecular flexibility index (Phi) is 2.76. The van der Waals surface area contributed by atoms with Crippen LogP contribution in [-0.4, -0.2) is 49.6 Å². The van der Waals surface area contributed by atoms with Crippen LogP contribution in [0.5, 0.6) is 0 Å². The lowest BCUT2D eigenvalue weighted by Crippen LogP contribution is -2.58. The van der Waals surface area contributed by atoms with Crippen molar-refractivity contribution in [3.8, 4) is 6.07 Å². The van der Waals surface area contributed by atoms with E-state index in [1.807, 2.05) is 0 Å². The van der Waals surface area contributed by atoms with Crippen LogP contribution in [-0.2, 0) is 0 Å². The van der Waals surface area contributed by atoms with Gasteiger partial charge in [0.05, 0.1) is 6.07 Å². The Bertz CT molecular complexity index is 227. The molecule has 2 aliphatic rings. The Morgan fingerprint density at radius 1 is 1.29 bits per heavy atom. The van der Waals surface area contributed by atoms with Gasteiger partial charge in [0.2, 0.25) is 0 Å². The summed E-state index contributed by atoms with van der Waals surface area (Å²) >= 11 is 0. The standard InChI is InChI=1S/C11H19N3/c1-13-9-11(10-13)3-7-14(8-4-11)6-2-5-12/h2-4,6-10H2,1H3. The van der Waals surface area contributed by atoms with Gasteiger partial charge in [-0.15, -0.1) is 0 Å². The number of hydrogen-bond donors (Lipinski definition) is 0. The Morgan fingerprint density at radius 3 is 2.43 bits per heavy atom. The molecule has 2 heterocycles. The molecule has 0 N–H and O–H groups in total. The first kappa shape index (κ1) is 9.95. The van der Waals surface area contributed by atoms with Gasteiger partial charge >= 0.3 is 0 Å². The van der Waals surface area contributed by atoms with Gasteiger partial charge in [-0.25, -0.2) is 0 Å². The minimum absolute atomic E-state index is 0.651. The second-order valence-electron chi connectivity index (χ2n) is 4.92. The van der Waals surface area contributed by atoms with Crippen molar-refractivity contribution in [2.45, 2.75) is 19.3 Å². The molecule has 0 unspecified atom stereocenters. The van der Waals surface area contributed by atoms with Crippen molar-refractivity contribution < 1.29 is 0 Å². The Morgan fingerprint density at radius 2 is 1.93 bits per heavy atom. The Labute approximate surface area is 86.3 Å². The van der Waals surface area contributed by atoms with E-state index in [0.717, 1.165) is 6.54 Å². The van der Waals surface area contributed by atoms with Gasteiger partial charge in [-0.05, 0) is 38.4 Å². The number of rotatable bonds is 2. The summed E-state index contributed by atoms with van der Waals surface area (Å²) in [5, 5.41) is 8.51. The average Bonchev–Trinajstić information content (AvgIpc) is 2.15. The molecule has 0 radical (unpaired) electrons. The predicted molar refractivity (Wildman–Crippen MR) is 55.8 cm³/mol. The van der Waals surface area contributed by atoms with E-state index in [-0.39, 0.29) is 0 Å². The highest BCUT2D eigenvalue weighted by Crippen LogP contribution is 2.39. The molecular formula is C11H19N3. The van der Waals surface area contributed by atoms with Crippen LogP contribution in [0.1, 0.15) is 19.3 Å². The molecule has 3 heteroatoms. The molecule has 14 heavy (non-hydrogen) atoms. The number of hydrogen-bond acceptors (Lipinski definition) is 3. The van der Waals surface area contributed by atoms with Crippen LogP contribution >= 0.6 is 0 Å². The third-order valence-electron chi connectivity index (χ3n) is 3.67. The minimum atomic E-state index is 0.651. The zero-order valence-corrected chi connectivity index (χ0v) is 9.00. The Balaban J connectivity index is 1.73. The van der Waals surface area contributed by atoms with Crippen molar-refractivity contribution in [1.82, 2.24) is 9.80 Å². The van der Waals surface area contributed by atoms with Gasteiger partial charge < -0.3 is 9.80 Å². The van der Waals surface area contributed by atoms with E-state index in [0.29, 0.717) is 11.8 Å². The SMILES string of the molecule is CN1CC2(CCN(CCC#N)CC2)C1. The monoisotopic (exact) mass is 193 g/mol. The maximum absolute atomic E-state index is 8.51. The second kappa shape index (κ2) is 3.88. The summed E-state index contributed by atoms with van der Waals surface area (Å²) in [6, 6.07) is 2.22. The van der Waals surface area contributed by atoms with Gasteiger partial charge in [-0.2, -0.15) is 5.26 Å². The van der Waals surface area contributed by atoms with E-state index >= 15 is 0 Å². The number of nitriles is 1. The molecule has 0 aromatic carbocycles. The molecule has 0 aromatic rings. The van der Waals surface area contributed by atoms with Gasteiger partial charge in [0.25, 0.3) is 0 Å². The molecule has 0 atom stereocenters. The molecule has 0 aromatic heterocycles. The van der Waals surface area contributed by atoms with Gasteiger partial charge in [-0.1, -0.05) is 0 Å². The fourth-order valence-corrected chi connectivity index (χ4v) is 2.87. The highest BCUT2D eigenvalue weighted by Gasteiger charge is 2.42. The van der Waals surface area contributed by atoms with Crippen LogP contribution in [0.15, 0.2) is 0 Å². The zero-order chi connectivity index (χ0) is 10.0. The van der Waals surface area contributed by atoms with Crippen molar-refractivity contribution in [1.29, 1.82) is 5.26 Å². The number of nitrogens with zero attached hydrogens (tertiary/aromatic N) is 3. The van der Waals surface area contributed by atoms with E-state index in [1.165, 1.54) is 39.0 Å². The third-order valence-corrected chi connectivity index (χ3v) is 3.67. The quantitative estimate of drug-likeness (QED) is 0.653. The summed E-state index contributed by atoms with van der Waals surface area (Å²) in [5.74, 6) is 0. The summed E-state index contributed by atoms with van der Waals surface area (Å²) < 4.78 is 0. The largest absolute Gasteiger partial charge is 0.305 e. The lowest BCUT2D eigenvalue weighted by Gasteiger charge is -2.53. The van der Waals surface area contributed by atoms with Crippen molar-refractivity contribution in [2.24, 2.45) is 5.41 Å². The Hall–Kier alpha value is -0.590. The van der Waals surface area contributed by atoms with Crippen LogP contribution in [0.4, 0.5) is 0 Å². The van der Waals surface area contributed by atoms with Crippen LogP contribution in [0, 0.1) is 16.7 Å². The summed E-state index contributed by atoms with van der Waals surface area (Å²) in [4.78, 5) is 4.84. The van der Waals surface area contributed by atoms with Crippen molar-refractivity contribution in [2.75, 3.05) is 39.8 Å².